The molecule has 2 amide bonds. The van der Waals surface area contributed by atoms with E-state index in [-0.39, 0.29) is 23.8 Å². The molecule has 3 aliphatic rings. The van der Waals surface area contributed by atoms with Crippen LogP contribution >= 0.6 is 11.8 Å². The number of amides is 2. The summed E-state index contributed by atoms with van der Waals surface area (Å²) >= 11 is 1.81. The third kappa shape index (κ3) is 3.31. The Balaban J connectivity index is 1.19. The molecule has 2 atom stereocenters. The molecule has 2 N–H and O–H groups in total. The van der Waals surface area contributed by atoms with Gasteiger partial charge in [-0.05, 0) is 36.9 Å². The lowest BCUT2D eigenvalue weighted by Crippen LogP contribution is -2.42. The molecule has 6 nitrogen and oxygen atoms in total. The summed E-state index contributed by atoms with van der Waals surface area (Å²) in [6.45, 7) is 3.05. The van der Waals surface area contributed by atoms with Crippen molar-refractivity contribution in [3.8, 4) is 0 Å². The topological polar surface area (TPSA) is 68.4 Å². The molecule has 0 spiro atoms. The first-order chi connectivity index (χ1) is 13.7. The van der Waals surface area contributed by atoms with E-state index < -0.39 is 0 Å². The number of nitrogens with one attached hydrogen (secondary N) is 2. The lowest BCUT2D eigenvalue weighted by molar-refractivity contribution is -0.134. The van der Waals surface area contributed by atoms with Gasteiger partial charge in [0.05, 0.1) is 18.5 Å². The van der Waals surface area contributed by atoms with Gasteiger partial charge in [0.1, 0.15) is 0 Å². The van der Waals surface area contributed by atoms with Crippen molar-refractivity contribution in [2.45, 2.75) is 31.8 Å². The van der Waals surface area contributed by atoms with Crippen molar-refractivity contribution >= 4 is 34.5 Å². The number of nitrogens with zero attached hydrogens (tertiary/aromatic N) is 2. The maximum absolute atomic E-state index is 12.9. The van der Waals surface area contributed by atoms with Gasteiger partial charge in [-0.25, -0.2) is 0 Å². The molecular formula is C21H26N4O2S. The van der Waals surface area contributed by atoms with Crippen LogP contribution in [0.3, 0.4) is 0 Å². The summed E-state index contributed by atoms with van der Waals surface area (Å²) in [6, 6.07) is 8.25. The predicted molar refractivity (Wildman–Crippen MR) is 111 cm³/mol. The summed E-state index contributed by atoms with van der Waals surface area (Å²) in [7, 11) is 0. The van der Waals surface area contributed by atoms with E-state index in [1.807, 2.05) is 27.6 Å². The van der Waals surface area contributed by atoms with Crippen molar-refractivity contribution < 1.29 is 9.59 Å². The minimum Gasteiger partial charge on any atom is -0.357 e. The fraction of sp³-hybridized carbons (Fsp3) is 0.524. The van der Waals surface area contributed by atoms with Crippen molar-refractivity contribution in [3.05, 3.63) is 35.5 Å². The average molecular weight is 399 g/mol. The van der Waals surface area contributed by atoms with E-state index >= 15 is 0 Å². The molecule has 0 saturated carbocycles. The maximum atomic E-state index is 12.9. The van der Waals surface area contributed by atoms with Crippen LogP contribution < -0.4 is 5.32 Å². The molecule has 1 aromatic heterocycles. The number of para-hydroxylation sites is 1. The zero-order valence-corrected chi connectivity index (χ0v) is 16.8. The molecule has 148 valence electrons. The van der Waals surface area contributed by atoms with Gasteiger partial charge >= 0.3 is 0 Å². The first-order valence-electron chi connectivity index (χ1n) is 10.1. The zero-order valence-electron chi connectivity index (χ0n) is 15.9. The summed E-state index contributed by atoms with van der Waals surface area (Å²) < 4.78 is 0. The van der Waals surface area contributed by atoms with Crippen LogP contribution in [0.4, 0.5) is 0 Å². The number of hydrogen-bond donors (Lipinski definition) is 2. The van der Waals surface area contributed by atoms with Crippen LogP contribution in [0.2, 0.25) is 0 Å². The van der Waals surface area contributed by atoms with Crippen LogP contribution in [-0.2, 0) is 22.6 Å². The number of hydrogen-bond acceptors (Lipinski definition) is 4. The highest BCUT2D eigenvalue weighted by Gasteiger charge is 2.35. The van der Waals surface area contributed by atoms with Gasteiger partial charge in [-0.3, -0.25) is 9.59 Å². The minimum atomic E-state index is -0.113. The van der Waals surface area contributed by atoms with Gasteiger partial charge in [-0.2, -0.15) is 0 Å². The van der Waals surface area contributed by atoms with Crippen LogP contribution in [0.15, 0.2) is 24.3 Å². The van der Waals surface area contributed by atoms with Gasteiger partial charge in [0.2, 0.25) is 11.8 Å². The van der Waals surface area contributed by atoms with Crippen LogP contribution in [-0.4, -0.2) is 63.9 Å². The molecule has 4 heterocycles. The smallest absolute Gasteiger partial charge is 0.240 e. The molecule has 5 rings (SSSR count). The Morgan fingerprint density at radius 3 is 2.93 bits per heavy atom. The third-order valence-corrected chi connectivity index (χ3v) is 7.25. The summed E-state index contributed by atoms with van der Waals surface area (Å²) in [6.07, 6.45) is 2.21. The van der Waals surface area contributed by atoms with E-state index in [2.05, 4.69) is 28.5 Å². The Morgan fingerprint density at radius 2 is 2.07 bits per heavy atom. The Morgan fingerprint density at radius 1 is 1.18 bits per heavy atom. The molecule has 3 aliphatic heterocycles. The van der Waals surface area contributed by atoms with Crippen molar-refractivity contribution in [2.75, 3.05) is 31.3 Å². The lowest BCUT2D eigenvalue weighted by Gasteiger charge is -2.28. The van der Waals surface area contributed by atoms with Crippen molar-refractivity contribution in [1.82, 2.24) is 20.1 Å². The second-order valence-corrected chi connectivity index (χ2v) is 9.17. The third-order valence-electron chi connectivity index (χ3n) is 6.28. The highest BCUT2D eigenvalue weighted by molar-refractivity contribution is 7.99. The van der Waals surface area contributed by atoms with Gasteiger partial charge in [0.25, 0.3) is 0 Å². The average Bonchev–Trinajstić information content (AvgIpc) is 3.46. The van der Waals surface area contributed by atoms with Crippen LogP contribution in [0.5, 0.6) is 0 Å². The first-order valence-corrected chi connectivity index (χ1v) is 11.3. The molecule has 0 radical (unpaired) electrons. The summed E-state index contributed by atoms with van der Waals surface area (Å²) in [5.41, 5.74) is 3.68. The molecule has 2 fully saturated rings. The standard InChI is InChI=1S/C21H26N4O2S/c26-20(10-14-9-18(22-11-14)21(27)25-7-8-28-13-25)24-6-5-16-15-3-1-2-4-17(15)23-19(16)12-24/h1-4,14,18,22-23H,5-13H2. The van der Waals surface area contributed by atoms with E-state index in [0.29, 0.717) is 13.0 Å². The Bertz CT molecular complexity index is 905. The number of thioether (sulfide) groups is 1. The van der Waals surface area contributed by atoms with E-state index in [1.54, 1.807) is 0 Å². The molecule has 0 bridgehead atoms. The quantitative estimate of drug-likeness (QED) is 0.829. The molecule has 2 unspecified atom stereocenters. The molecular weight excluding hydrogens is 372 g/mol. The van der Waals surface area contributed by atoms with Crippen LogP contribution in [0, 0.1) is 5.92 Å². The zero-order chi connectivity index (χ0) is 19.1. The second-order valence-electron chi connectivity index (χ2n) is 8.10. The second kappa shape index (κ2) is 7.44. The summed E-state index contributed by atoms with van der Waals surface area (Å²) in [4.78, 5) is 32.9. The molecule has 2 aromatic rings. The van der Waals surface area contributed by atoms with Gasteiger partial charge in [0, 0.05) is 41.9 Å². The maximum Gasteiger partial charge on any atom is 0.240 e. The van der Waals surface area contributed by atoms with E-state index in [4.69, 9.17) is 0 Å². The van der Waals surface area contributed by atoms with E-state index in [1.165, 1.54) is 16.6 Å². The Labute approximate surface area is 169 Å². The summed E-state index contributed by atoms with van der Waals surface area (Å²) in [5.74, 6) is 2.51. The van der Waals surface area contributed by atoms with Crippen LogP contribution in [0.1, 0.15) is 24.1 Å². The molecule has 28 heavy (non-hydrogen) atoms. The number of aromatic nitrogens is 1. The number of aromatic amines is 1. The molecule has 7 heteroatoms. The minimum absolute atomic E-state index is 0.113. The van der Waals surface area contributed by atoms with Gasteiger partial charge in [-0.15, -0.1) is 11.8 Å². The van der Waals surface area contributed by atoms with Gasteiger partial charge in [-0.1, -0.05) is 18.2 Å². The van der Waals surface area contributed by atoms with Crippen molar-refractivity contribution in [2.24, 2.45) is 5.92 Å². The number of rotatable bonds is 3. The van der Waals surface area contributed by atoms with Gasteiger partial charge in [0.15, 0.2) is 0 Å². The molecule has 0 aliphatic carbocycles. The summed E-state index contributed by atoms with van der Waals surface area (Å²) in [5, 5.41) is 4.63. The Hall–Kier alpha value is -1.99. The number of carbonyl (C=O) groups is 2. The molecule has 2 saturated heterocycles. The van der Waals surface area contributed by atoms with Gasteiger partial charge < -0.3 is 20.1 Å². The number of carbonyl (C=O) groups excluding carboxylic acids is 2. The SMILES string of the molecule is O=C(CC1CNC(C(=O)N2CCSC2)C1)N1CCc2c([nH]c3ccccc23)C1. The Kier molecular flexibility index (Phi) is 4.80. The normalized spacial score (nSPS) is 24.7. The van der Waals surface area contributed by atoms with E-state index in [9.17, 15) is 9.59 Å². The van der Waals surface area contributed by atoms with Crippen molar-refractivity contribution in [1.29, 1.82) is 0 Å². The monoisotopic (exact) mass is 398 g/mol. The van der Waals surface area contributed by atoms with E-state index in [0.717, 1.165) is 49.6 Å². The first kappa shape index (κ1) is 18.1. The fourth-order valence-corrected chi connectivity index (χ4v) is 5.70. The number of H-pyrrole nitrogens is 1. The molecule has 1 aromatic carbocycles. The van der Waals surface area contributed by atoms with Crippen molar-refractivity contribution in [3.63, 3.8) is 0 Å². The highest BCUT2D eigenvalue weighted by atomic mass is 32.2. The fourth-order valence-electron chi connectivity index (χ4n) is 4.74. The highest BCUT2D eigenvalue weighted by Crippen LogP contribution is 2.29. The largest absolute Gasteiger partial charge is 0.357 e. The number of fused-ring (bicyclic) bond motifs is 3. The van der Waals surface area contributed by atoms with Crippen LogP contribution in [0.25, 0.3) is 10.9 Å². The number of benzene rings is 1. The predicted octanol–water partition coefficient (Wildman–Crippen LogP) is 1.95. The lowest BCUT2D eigenvalue weighted by atomic mass is 9.98.